The van der Waals surface area contributed by atoms with Gasteiger partial charge in [-0.3, -0.25) is 4.98 Å². The Hall–Kier alpha value is -1.99. The maximum absolute atomic E-state index is 12.0. The second-order valence-electron chi connectivity index (χ2n) is 4.02. The molecule has 2 heterocycles. The van der Waals surface area contributed by atoms with Crippen molar-refractivity contribution in [1.82, 2.24) is 15.6 Å². The molecular formula is C11H12F3N3O2. The van der Waals surface area contributed by atoms with Crippen molar-refractivity contribution >= 4 is 6.03 Å². The van der Waals surface area contributed by atoms with E-state index >= 15 is 0 Å². The van der Waals surface area contributed by atoms with E-state index in [0.29, 0.717) is 24.5 Å². The van der Waals surface area contributed by atoms with Gasteiger partial charge in [-0.2, -0.15) is 13.2 Å². The molecule has 0 aromatic carbocycles. The molecule has 8 heteroatoms. The average molecular weight is 275 g/mol. The lowest BCUT2D eigenvalue weighted by Gasteiger charge is -2.25. The largest absolute Gasteiger partial charge is 0.491 e. The third-order valence-electron chi connectivity index (χ3n) is 2.55. The van der Waals surface area contributed by atoms with Crippen LogP contribution in [0.3, 0.4) is 0 Å². The molecule has 0 bridgehead atoms. The molecule has 1 aliphatic heterocycles. The molecule has 104 valence electrons. The Bertz CT molecular complexity index is 465. The number of amides is 2. The lowest BCUT2D eigenvalue weighted by molar-refractivity contribution is -0.122. The number of aromatic nitrogens is 1. The van der Waals surface area contributed by atoms with E-state index < -0.39 is 24.8 Å². The SMILES string of the molecule is O=C(NCC(F)(F)F)NC1CCOc2cccnc21. The van der Waals surface area contributed by atoms with Gasteiger partial charge >= 0.3 is 12.2 Å². The van der Waals surface area contributed by atoms with E-state index in [1.165, 1.54) is 6.20 Å². The zero-order valence-corrected chi connectivity index (χ0v) is 9.83. The van der Waals surface area contributed by atoms with Crippen LogP contribution in [-0.2, 0) is 0 Å². The van der Waals surface area contributed by atoms with Crippen molar-refractivity contribution in [3.8, 4) is 5.75 Å². The van der Waals surface area contributed by atoms with Crippen molar-refractivity contribution < 1.29 is 22.7 Å². The molecule has 5 nitrogen and oxygen atoms in total. The Morgan fingerprint density at radius 1 is 1.53 bits per heavy atom. The van der Waals surface area contributed by atoms with Crippen molar-refractivity contribution in [2.75, 3.05) is 13.2 Å². The number of carbonyl (C=O) groups excluding carboxylic acids is 1. The van der Waals surface area contributed by atoms with E-state index in [0.717, 1.165) is 0 Å². The van der Waals surface area contributed by atoms with Crippen LogP contribution in [0.5, 0.6) is 5.75 Å². The minimum Gasteiger partial charge on any atom is -0.491 e. The summed E-state index contributed by atoms with van der Waals surface area (Å²) in [6.07, 6.45) is -2.43. The predicted octanol–water partition coefficient (Wildman–Crippen LogP) is 1.77. The number of rotatable bonds is 2. The molecule has 0 aliphatic carbocycles. The van der Waals surface area contributed by atoms with Crippen LogP contribution < -0.4 is 15.4 Å². The van der Waals surface area contributed by atoms with Crippen molar-refractivity contribution in [1.29, 1.82) is 0 Å². The maximum Gasteiger partial charge on any atom is 0.405 e. The number of alkyl halides is 3. The topological polar surface area (TPSA) is 63.2 Å². The first kappa shape index (κ1) is 13.4. The Morgan fingerprint density at radius 2 is 2.32 bits per heavy atom. The van der Waals surface area contributed by atoms with Crippen LogP contribution in [0.4, 0.5) is 18.0 Å². The van der Waals surface area contributed by atoms with Crippen LogP contribution in [0.1, 0.15) is 18.2 Å². The summed E-state index contributed by atoms with van der Waals surface area (Å²) < 4.78 is 41.2. The zero-order chi connectivity index (χ0) is 13.9. The van der Waals surface area contributed by atoms with Crippen molar-refractivity contribution in [2.24, 2.45) is 0 Å². The summed E-state index contributed by atoms with van der Waals surface area (Å²) in [5.74, 6) is 0.537. The highest BCUT2D eigenvalue weighted by Crippen LogP contribution is 2.29. The average Bonchev–Trinajstić information content (AvgIpc) is 2.36. The van der Waals surface area contributed by atoms with E-state index in [4.69, 9.17) is 4.74 Å². The number of carbonyl (C=O) groups is 1. The van der Waals surface area contributed by atoms with Crippen LogP contribution in [0.25, 0.3) is 0 Å². The minimum absolute atomic E-state index is 0.378. The Labute approximate surface area is 107 Å². The van der Waals surface area contributed by atoms with Gasteiger partial charge in [0.15, 0.2) is 0 Å². The summed E-state index contributed by atoms with van der Waals surface area (Å²) in [5, 5.41) is 4.21. The molecule has 1 aliphatic rings. The second-order valence-corrected chi connectivity index (χ2v) is 4.02. The van der Waals surface area contributed by atoms with Gasteiger partial charge in [-0.15, -0.1) is 0 Å². The number of pyridine rings is 1. The lowest BCUT2D eigenvalue weighted by atomic mass is 10.1. The van der Waals surface area contributed by atoms with Gasteiger partial charge in [0.1, 0.15) is 18.0 Å². The lowest BCUT2D eigenvalue weighted by Crippen LogP contribution is -2.43. The molecule has 2 amide bonds. The number of hydrogen-bond acceptors (Lipinski definition) is 3. The van der Waals surface area contributed by atoms with Crippen LogP contribution in [0.2, 0.25) is 0 Å². The van der Waals surface area contributed by atoms with Crippen LogP contribution in [0.15, 0.2) is 18.3 Å². The summed E-state index contributed by atoms with van der Waals surface area (Å²) in [4.78, 5) is 15.4. The van der Waals surface area contributed by atoms with Crippen molar-refractivity contribution in [3.63, 3.8) is 0 Å². The van der Waals surface area contributed by atoms with Gasteiger partial charge in [0, 0.05) is 12.6 Å². The number of nitrogens with zero attached hydrogens (tertiary/aromatic N) is 1. The molecule has 2 N–H and O–H groups in total. The fourth-order valence-electron chi connectivity index (χ4n) is 1.74. The predicted molar refractivity (Wildman–Crippen MR) is 59.7 cm³/mol. The first-order valence-electron chi connectivity index (χ1n) is 5.64. The number of fused-ring (bicyclic) bond motifs is 1. The number of ether oxygens (including phenoxy) is 1. The quantitative estimate of drug-likeness (QED) is 0.864. The summed E-state index contributed by atoms with van der Waals surface area (Å²) >= 11 is 0. The zero-order valence-electron chi connectivity index (χ0n) is 9.83. The normalized spacial score (nSPS) is 18.2. The second kappa shape index (κ2) is 5.33. The molecule has 1 atom stereocenters. The summed E-state index contributed by atoms with van der Waals surface area (Å²) in [6.45, 7) is -0.986. The van der Waals surface area contributed by atoms with Gasteiger partial charge in [-0.1, -0.05) is 0 Å². The summed E-state index contributed by atoms with van der Waals surface area (Å²) in [5.41, 5.74) is 0.524. The molecule has 19 heavy (non-hydrogen) atoms. The molecule has 1 aromatic rings. The number of halogens is 3. The number of nitrogens with one attached hydrogen (secondary N) is 2. The third kappa shape index (κ3) is 3.73. The smallest absolute Gasteiger partial charge is 0.405 e. The molecule has 1 aromatic heterocycles. The molecule has 0 radical (unpaired) electrons. The Kier molecular flexibility index (Phi) is 3.77. The molecule has 0 spiro atoms. The molecule has 2 rings (SSSR count). The number of hydrogen-bond donors (Lipinski definition) is 2. The molecular weight excluding hydrogens is 263 g/mol. The van der Waals surface area contributed by atoms with Crippen LogP contribution in [0, 0.1) is 0 Å². The fraction of sp³-hybridized carbons (Fsp3) is 0.455. The third-order valence-corrected chi connectivity index (χ3v) is 2.55. The minimum atomic E-state index is -4.43. The van der Waals surface area contributed by atoms with Gasteiger partial charge in [-0.05, 0) is 12.1 Å². The van der Waals surface area contributed by atoms with Crippen LogP contribution >= 0.6 is 0 Å². The first-order valence-corrected chi connectivity index (χ1v) is 5.64. The summed E-state index contributed by atoms with van der Waals surface area (Å²) in [7, 11) is 0. The summed E-state index contributed by atoms with van der Waals surface area (Å²) in [6, 6.07) is 2.06. The number of urea groups is 1. The van der Waals surface area contributed by atoms with Gasteiger partial charge in [0.05, 0.1) is 12.6 Å². The first-order chi connectivity index (χ1) is 8.96. The molecule has 0 fully saturated rings. The van der Waals surface area contributed by atoms with E-state index in [1.807, 2.05) is 0 Å². The van der Waals surface area contributed by atoms with Gasteiger partial charge in [0.2, 0.25) is 0 Å². The Balaban J connectivity index is 1.95. The van der Waals surface area contributed by atoms with Gasteiger partial charge in [0.25, 0.3) is 0 Å². The van der Waals surface area contributed by atoms with E-state index in [9.17, 15) is 18.0 Å². The molecule has 0 saturated carbocycles. The highest BCUT2D eigenvalue weighted by atomic mass is 19.4. The van der Waals surface area contributed by atoms with E-state index in [2.05, 4.69) is 10.3 Å². The highest BCUT2D eigenvalue weighted by molar-refractivity contribution is 5.74. The highest BCUT2D eigenvalue weighted by Gasteiger charge is 2.29. The molecule has 0 saturated heterocycles. The molecule has 1 unspecified atom stereocenters. The van der Waals surface area contributed by atoms with E-state index in [-0.39, 0.29) is 0 Å². The maximum atomic E-state index is 12.0. The van der Waals surface area contributed by atoms with Crippen LogP contribution in [-0.4, -0.2) is 30.3 Å². The van der Waals surface area contributed by atoms with Gasteiger partial charge in [-0.25, -0.2) is 4.79 Å². The Morgan fingerprint density at radius 3 is 3.05 bits per heavy atom. The van der Waals surface area contributed by atoms with Gasteiger partial charge < -0.3 is 15.4 Å². The monoisotopic (exact) mass is 275 g/mol. The van der Waals surface area contributed by atoms with Crippen molar-refractivity contribution in [3.05, 3.63) is 24.0 Å². The standard InChI is InChI=1S/C11H12F3N3O2/c12-11(13,14)6-16-10(18)17-7-3-5-19-8-2-1-4-15-9(7)8/h1-2,4,7H,3,5-6H2,(H2,16,17,18). The fourth-order valence-corrected chi connectivity index (χ4v) is 1.74. The van der Waals surface area contributed by atoms with Crippen molar-refractivity contribution in [2.45, 2.75) is 18.6 Å². The van der Waals surface area contributed by atoms with E-state index in [1.54, 1.807) is 17.4 Å².